The summed E-state index contributed by atoms with van der Waals surface area (Å²) < 4.78 is 0. The van der Waals surface area contributed by atoms with Gasteiger partial charge in [0, 0.05) is 38.1 Å². The van der Waals surface area contributed by atoms with E-state index in [1.807, 2.05) is 20.8 Å². The Hall–Kier alpha value is -0.610. The first-order valence-electron chi connectivity index (χ1n) is 4.96. The molecule has 0 bridgehead atoms. The van der Waals surface area contributed by atoms with E-state index < -0.39 is 0 Å². The fourth-order valence-corrected chi connectivity index (χ4v) is 0.959. The van der Waals surface area contributed by atoms with Crippen LogP contribution in [0.4, 0.5) is 0 Å². The third-order valence-corrected chi connectivity index (χ3v) is 2.13. The van der Waals surface area contributed by atoms with Crippen LogP contribution in [0, 0.1) is 5.41 Å². The second-order valence-corrected chi connectivity index (χ2v) is 4.48. The highest BCUT2D eigenvalue weighted by molar-refractivity contribution is 5.76. The van der Waals surface area contributed by atoms with Crippen LogP contribution in [-0.4, -0.2) is 37.3 Å². The first kappa shape index (κ1) is 13.4. The Morgan fingerprint density at radius 2 is 2.07 bits per heavy atom. The van der Waals surface area contributed by atoms with Gasteiger partial charge in [-0.3, -0.25) is 4.79 Å². The number of hydrogen-bond acceptors (Lipinski definition) is 3. The standard InChI is InChI=1S/C10H22N2O2/c1-8(5-9(14)11-4)12-6-10(2,3)7-13/h8,12-13H,5-7H2,1-4H3,(H,11,14). The summed E-state index contributed by atoms with van der Waals surface area (Å²) in [4.78, 5) is 11.0. The first-order valence-corrected chi connectivity index (χ1v) is 4.96. The van der Waals surface area contributed by atoms with E-state index in [4.69, 9.17) is 5.11 Å². The van der Waals surface area contributed by atoms with Crippen LogP contribution < -0.4 is 10.6 Å². The molecule has 0 aliphatic carbocycles. The van der Waals surface area contributed by atoms with Gasteiger partial charge < -0.3 is 15.7 Å². The largest absolute Gasteiger partial charge is 0.396 e. The monoisotopic (exact) mass is 202 g/mol. The van der Waals surface area contributed by atoms with Crippen molar-refractivity contribution in [1.82, 2.24) is 10.6 Å². The maximum Gasteiger partial charge on any atom is 0.221 e. The van der Waals surface area contributed by atoms with Crippen LogP contribution in [0.25, 0.3) is 0 Å². The molecule has 0 spiro atoms. The van der Waals surface area contributed by atoms with E-state index in [9.17, 15) is 4.79 Å². The van der Waals surface area contributed by atoms with Crippen LogP contribution in [0.3, 0.4) is 0 Å². The van der Waals surface area contributed by atoms with Crippen molar-refractivity contribution in [2.75, 3.05) is 20.2 Å². The van der Waals surface area contributed by atoms with Crippen molar-refractivity contribution in [2.45, 2.75) is 33.2 Å². The smallest absolute Gasteiger partial charge is 0.221 e. The topological polar surface area (TPSA) is 61.4 Å². The second kappa shape index (κ2) is 5.98. The number of hydrogen-bond donors (Lipinski definition) is 3. The molecule has 0 aromatic heterocycles. The molecule has 4 nitrogen and oxygen atoms in total. The molecule has 0 rings (SSSR count). The molecule has 0 aliphatic rings. The van der Waals surface area contributed by atoms with Gasteiger partial charge in [-0.15, -0.1) is 0 Å². The lowest BCUT2D eigenvalue weighted by molar-refractivity contribution is -0.121. The number of carbonyl (C=O) groups excluding carboxylic acids is 1. The Labute approximate surface area is 86.1 Å². The fraction of sp³-hybridized carbons (Fsp3) is 0.900. The Kier molecular flexibility index (Phi) is 5.72. The molecular formula is C10H22N2O2. The summed E-state index contributed by atoms with van der Waals surface area (Å²) in [5, 5.41) is 14.8. The van der Waals surface area contributed by atoms with Crippen molar-refractivity contribution in [2.24, 2.45) is 5.41 Å². The third kappa shape index (κ3) is 5.94. The zero-order valence-electron chi connectivity index (χ0n) is 9.55. The molecule has 0 aliphatic heterocycles. The second-order valence-electron chi connectivity index (χ2n) is 4.48. The molecule has 0 heterocycles. The van der Waals surface area contributed by atoms with Crippen LogP contribution in [0.5, 0.6) is 0 Å². The maximum absolute atomic E-state index is 11.0. The lowest BCUT2D eigenvalue weighted by Gasteiger charge is -2.24. The fourth-order valence-electron chi connectivity index (χ4n) is 0.959. The summed E-state index contributed by atoms with van der Waals surface area (Å²) >= 11 is 0. The molecule has 14 heavy (non-hydrogen) atoms. The van der Waals surface area contributed by atoms with Gasteiger partial charge in [-0.1, -0.05) is 13.8 Å². The number of aliphatic hydroxyl groups is 1. The SMILES string of the molecule is CNC(=O)CC(C)NCC(C)(C)CO. The molecule has 0 fully saturated rings. The predicted octanol–water partition coefficient (Wildman–Crippen LogP) is 0.119. The van der Waals surface area contributed by atoms with E-state index in [1.165, 1.54) is 0 Å². The van der Waals surface area contributed by atoms with Crippen LogP contribution in [0.15, 0.2) is 0 Å². The number of nitrogens with one attached hydrogen (secondary N) is 2. The van der Waals surface area contributed by atoms with E-state index in [0.29, 0.717) is 13.0 Å². The lowest BCUT2D eigenvalue weighted by Crippen LogP contribution is -2.39. The maximum atomic E-state index is 11.0. The average Bonchev–Trinajstić information content (AvgIpc) is 2.15. The molecule has 0 aromatic rings. The van der Waals surface area contributed by atoms with Crippen molar-refractivity contribution in [3.8, 4) is 0 Å². The highest BCUT2D eigenvalue weighted by atomic mass is 16.3. The minimum Gasteiger partial charge on any atom is -0.396 e. The molecule has 0 aromatic carbocycles. The number of aliphatic hydroxyl groups excluding tert-OH is 1. The third-order valence-electron chi connectivity index (χ3n) is 2.13. The Morgan fingerprint density at radius 1 is 1.50 bits per heavy atom. The summed E-state index contributed by atoms with van der Waals surface area (Å²) in [6.07, 6.45) is 0.470. The summed E-state index contributed by atoms with van der Waals surface area (Å²) in [7, 11) is 1.63. The molecule has 0 radical (unpaired) electrons. The number of carbonyl (C=O) groups is 1. The van der Waals surface area contributed by atoms with Gasteiger partial charge in [0.2, 0.25) is 5.91 Å². The molecule has 0 saturated heterocycles. The van der Waals surface area contributed by atoms with E-state index in [-0.39, 0.29) is 24.0 Å². The van der Waals surface area contributed by atoms with Gasteiger partial charge in [0.25, 0.3) is 0 Å². The van der Waals surface area contributed by atoms with Crippen LogP contribution in [0.2, 0.25) is 0 Å². The zero-order valence-corrected chi connectivity index (χ0v) is 9.55. The quantitative estimate of drug-likeness (QED) is 0.573. The van der Waals surface area contributed by atoms with Gasteiger partial charge >= 0.3 is 0 Å². The van der Waals surface area contributed by atoms with E-state index in [1.54, 1.807) is 7.05 Å². The lowest BCUT2D eigenvalue weighted by atomic mass is 9.94. The van der Waals surface area contributed by atoms with Crippen molar-refractivity contribution >= 4 is 5.91 Å². The van der Waals surface area contributed by atoms with E-state index in [2.05, 4.69) is 10.6 Å². The molecule has 84 valence electrons. The van der Waals surface area contributed by atoms with Crippen LogP contribution in [-0.2, 0) is 4.79 Å². The molecule has 1 unspecified atom stereocenters. The van der Waals surface area contributed by atoms with Gasteiger partial charge in [0.15, 0.2) is 0 Å². The molecular weight excluding hydrogens is 180 g/mol. The van der Waals surface area contributed by atoms with Gasteiger partial charge in [-0.25, -0.2) is 0 Å². The molecule has 3 N–H and O–H groups in total. The summed E-state index contributed by atoms with van der Waals surface area (Å²) in [6.45, 7) is 6.77. The van der Waals surface area contributed by atoms with Crippen LogP contribution in [0.1, 0.15) is 27.2 Å². The summed E-state index contributed by atoms with van der Waals surface area (Å²) in [6, 6.07) is 0.140. The van der Waals surface area contributed by atoms with Crippen molar-refractivity contribution in [1.29, 1.82) is 0 Å². The van der Waals surface area contributed by atoms with E-state index >= 15 is 0 Å². The molecule has 0 saturated carbocycles. The minimum atomic E-state index is -0.128. The number of rotatable bonds is 6. The van der Waals surface area contributed by atoms with E-state index in [0.717, 1.165) is 0 Å². The van der Waals surface area contributed by atoms with Gasteiger partial charge in [-0.05, 0) is 6.92 Å². The van der Waals surface area contributed by atoms with Gasteiger partial charge in [-0.2, -0.15) is 0 Å². The summed E-state index contributed by atoms with van der Waals surface area (Å²) in [5.74, 6) is 0.0341. The highest BCUT2D eigenvalue weighted by Crippen LogP contribution is 2.11. The summed E-state index contributed by atoms with van der Waals surface area (Å²) in [5.41, 5.74) is -0.128. The van der Waals surface area contributed by atoms with Crippen molar-refractivity contribution in [3.63, 3.8) is 0 Å². The molecule has 1 amide bonds. The zero-order chi connectivity index (χ0) is 11.2. The number of amides is 1. The Balaban J connectivity index is 3.74. The van der Waals surface area contributed by atoms with Crippen LogP contribution >= 0.6 is 0 Å². The van der Waals surface area contributed by atoms with Gasteiger partial charge in [0.1, 0.15) is 0 Å². The first-order chi connectivity index (χ1) is 6.41. The molecule has 1 atom stereocenters. The Bertz CT molecular complexity index is 181. The average molecular weight is 202 g/mol. The van der Waals surface area contributed by atoms with Crippen molar-refractivity contribution in [3.05, 3.63) is 0 Å². The minimum absolute atomic E-state index is 0.0341. The highest BCUT2D eigenvalue weighted by Gasteiger charge is 2.17. The molecule has 4 heteroatoms. The van der Waals surface area contributed by atoms with Crippen molar-refractivity contribution < 1.29 is 9.90 Å². The van der Waals surface area contributed by atoms with Gasteiger partial charge in [0.05, 0.1) is 0 Å². The Morgan fingerprint density at radius 3 is 2.50 bits per heavy atom. The predicted molar refractivity (Wildman–Crippen MR) is 57.0 cm³/mol. The normalized spacial score (nSPS) is 13.8.